The van der Waals surface area contributed by atoms with E-state index in [0.29, 0.717) is 30.1 Å². The van der Waals surface area contributed by atoms with Crippen LogP contribution in [0.4, 0.5) is 0 Å². The lowest BCUT2D eigenvalue weighted by Gasteiger charge is -2.31. The third-order valence-corrected chi connectivity index (χ3v) is 9.57. The van der Waals surface area contributed by atoms with Gasteiger partial charge in [0, 0.05) is 16.5 Å². The standard InChI is InChI=1S/C31H33N3O6/c1-4-31(39)20-11-23-27-18(12-34(23)29(37)19(20)13-40-30(31)38)26-21(33-28(36)24(35)10-16-5-6-16)8-7-17-15(3)14(2)9-22(32-27)25(17)26/h9,11,16,21,24,35,39H,4-8,10,12-13H2,1-3H3,(H,33,36)/t21-,24?,31+/m1/s1. The zero-order valence-corrected chi connectivity index (χ0v) is 23.0. The average Bonchev–Trinajstić information content (AvgIpc) is 3.68. The summed E-state index contributed by atoms with van der Waals surface area (Å²) in [5, 5.41) is 26.0. The third-order valence-electron chi connectivity index (χ3n) is 9.57. The minimum atomic E-state index is -1.90. The lowest BCUT2D eigenvalue weighted by molar-refractivity contribution is -0.172. The van der Waals surface area contributed by atoms with Crippen LogP contribution in [-0.2, 0) is 39.5 Å². The summed E-state index contributed by atoms with van der Waals surface area (Å²) in [5.74, 6) is -0.704. The van der Waals surface area contributed by atoms with E-state index in [1.165, 1.54) is 11.1 Å². The van der Waals surface area contributed by atoms with Crippen LogP contribution in [0, 0.1) is 19.8 Å². The number of hydrogen-bond acceptors (Lipinski definition) is 7. The van der Waals surface area contributed by atoms with Crippen molar-refractivity contribution in [2.24, 2.45) is 5.92 Å². The maximum atomic E-state index is 13.8. The van der Waals surface area contributed by atoms with Crippen LogP contribution in [0.3, 0.4) is 0 Å². The van der Waals surface area contributed by atoms with Crippen LogP contribution in [0.1, 0.15) is 84.0 Å². The Morgan fingerprint density at radius 2 is 1.98 bits per heavy atom. The van der Waals surface area contributed by atoms with Gasteiger partial charge in [0.05, 0.1) is 35.1 Å². The summed E-state index contributed by atoms with van der Waals surface area (Å²) in [6.07, 6.45) is 3.05. The largest absolute Gasteiger partial charge is 0.458 e. The number of benzene rings is 1. The number of aromatic nitrogens is 2. The van der Waals surface area contributed by atoms with Crippen LogP contribution in [0.15, 0.2) is 16.9 Å². The molecular weight excluding hydrogens is 510 g/mol. The van der Waals surface area contributed by atoms with Gasteiger partial charge in [-0.1, -0.05) is 19.8 Å². The van der Waals surface area contributed by atoms with Gasteiger partial charge in [0.2, 0.25) is 5.91 Å². The van der Waals surface area contributed by atoms with Crippen molar-refractivity contribution in [1.82, 2.24) is 14.9 Å². The van der Waals surface area contributed by atoms with Gasteiger partial charge in [0.25, 0.3) is 5.56 Å². The molecule has 3 N–H and O–H groups in total. The summed E-state index contributed by atoms with van der Waals surface area (Å²) >= 11 is 0. The summed E-state index contributed by atoms with van der Waals surface area (Å²) in [7, 11) is 0. The number of aliphatic hydroxyl groups is 2. The number of ether oxygens (including phenoxy) is 1. The van der Waals surface area contributed by atoms with Crippen LogP contribution in [-0.4, -0.2) is 37.7 Å². The molecule has 9 heteroatoms. The number of cyclic esters (lactones) is 1. The number of esters is 1. The number of pyridine rings is 2. The van der Waals surface area contributed by atoms with Crippen molar-refractivity contribution in [2.75, 3.05) is 0 Å². The van der Waals surface area contributed by atoms with Gasteiger partial charge in [-0.25, -0.2) is 9.78 Å². The number of amides is 1. The number of carbonyl (C=O) groups excluding carboxylic acids is 2. The fourth-order valence-corrected chi connectivity index (χ4v) is 6.92. The number of rotatable bonds is 5. The molecule has 2 aromatic heterocycles. The highest BCUT2D eigenvalue weighted by Gasteiger charge is 2.46. The van der Waals surface area contributed by atoms with Gasteiger partial charge in [-0.15, -0.1) is 0 Å². The van der Waals surface area contributed by atoms with Crippen molar-refractivity contribution in [2.45, 2.75) is 90.2 Å². The molecule has 40 heavy (non-hydrogen) atoms. The van der Waals surface area contributed by atoms with Crippen LogP contribution in [0.25, 0.3) is 22.3 Å². The molecule has 2 aliphatic heterocycles. The second-order valence-electron chi connectivity index (χ2n) is 11.9. The average molecular weight is 544 g/mol. The van der Waals surface area contributed by atoms with Crippen LogP contribution >= 0.6 is 0 Å². The topological polar surface area (TPSA) is 131 Å². The van der Waals surface area contributed by atoms with Crippen molar-refractivity contribution < 1.29 is 24.5 Å². The predicted octanol–water partition coefficient (Wildman–Crippen LogP) is 2.96. The first kappa shape index (κ1) is 25.4. The Morgan fingerprint density at radius 1 is 1.20 bits per heavy atom. The van der Waals surface area contributed by atoms with Gasteiger partial charge in [0.1, 0.15) is 12.7 Å². The Labute approximate surface area is 231 Å². The molecular formula is C31H33N3O6. The Kier molecular flexibility index (Phi) is 5.54. The Balaban J connectivity index is 1.42. The Morgan fingerprint density at radius 3 is 2.70 bits per heavy atom. The second kappa shape index (κ2) is 8.72. The minimum Gasteiger partial charge on any atom is -0.458 e. The molecule has 208 valence electrons. The van der Waals surface area contributed by atoms with Gasteiger partial charge in [-0.05, 0) is 79.8 Å². The quantitative estimate of drug-likeness (QED) is 0.330. The Bertz CT molecular complexity index is 1700. The first-order valence-corrected chi connectivity index (χ1v) is 14.2. The minimum absolute atomic E-state index is 0.0735. The summed E-state index contributed by atoms with van der Waals surface area (Å²) in [6.45, 7) is 5.92. The van der Waals surface area contributed by atoms with E-state index in [-0.39, 0.29) is 48.2 Å². The molecule has 0 spiro atoms. The fourth-order valence-electron chi connectivity index (χ4n) is 6.92. The van der Waals surface area contributed by atoms with Crippen molar-refractivity contribution in [3.63, 3.8) is 0 Å². The normalized spacial score (nSPS) is 23.3. The van der Waals surface area contributed by atoms with Crippen molar-refractivity contribution in [3.05, 3.63) is 61.4 Å². The number of fused-ring (bicyclic) bond motifs is 5. The maximum absolute atomic E-state index is 13.8. The lowest BCUT2D eigenvalue weighted by Crippen LogP contribution is -2.44. The monoisotopic (exact) mass is 543 g/mol. The van der Waals surface area contributed by atoms with E-state index in [1.807, 2.05) is 6.07 Å². The number of nitrogens with zero attached hydrogens (tertiary/aromatic N) is 2. The van der Waals surface area contributed by atoms with Crippen LogP contribution < -0.4 is 10.9 Å². The number of hydrogen-bond donors (Lipinski definition) is 3. The van der Waals surface area contributed by atoms with Gasteiger partial charge in [-0.2, -0.15) is 0 Å². The second-order valence-corrected chi connectivity index (χ2v) is 11.9. The first-order valence-electron chi connectivity index (χ1n) is 14.2. The molecule has 2 aliphatic carbocycles. The maximum Gasteiger partial charge on any atom is 0.343 e. The summed E-state index contributed by atoms with van der Waals surface area (Å²) < 4.78 is 6.85. The highest BCUT2D eigenvalue weighted by Crippen LogP contribution is 2.46. The molecule has 0 saturated heterocycles. The lowest BCUT2D eigenvalue weighted by atomic mass is 9.80. The van der Waals surface area contributed by atoms with Crippen molar-refractivity contribution in [1.29, 1.82) is 0 Å². The van der Waals surface area contributed by atoms with Gasteiger partial charge < -0.3 is 24.8 Å². The molecule has 1 saturated carbocycles. The van der Waals surface area contributed by atoms with Gasteiger partial charge in [-0.3, -0.25) is 9.59 Å². The Hall–Kier alpha value is -3.56. The van der Waals surface area contributed by atoms with Crippen molar-refractivity contribution in [3.8, 4) is 11.4 Å². The molecule has 4 heterocycles. The van der Waals surface area contributed by atoms with E-state index in [0.717, 1.165) is 46.9 Å². The molecule has 3 atom stereocenters. The molecule has 0 radical (unpaired) electrons. The van der Waals surface area contributed by atoms with E-state index in [9.17, 15) is 24.6 Å². The van der Waals surface area contributed by atoms with Crippen LogP contribution in [0.2, 0.25) is 0 Å². The summed E-state index contributed by atoms with van der Waals surface area (Å²) in [5.41, 5.74) is 5.60. The first-order chi connectivity index (χ1) is 19.1. The van der Waals surface area contributed by atoms with E-state index in [4.69, 9.17) is 9.72 Å². The highest BCUT2D eigenvalue weighted by atomic mass is 16.6. The molecule has 7 rings (SSSR count). The number of carbonyl (C=O) groups is 2. The predicted molar refractivity (Wildman–Crippen MR) is 147 cm³/mol. The third kappa shape index (κ3) is 3.53. The van der Waals surface area contributed by atoms with Crippen molar-refractivity contribution >= 4 is 22.8 Å². The SMILES string of the molecule is CC[C@@]1(O)C(=O)OCc2c1cc1n(c2=O)Cc2c-1nc1cc(C)c(C)c3c1c2[C@H](NC(=O)C(O)CC1CC1)CC3. The molecule has 1 fully saturated rings. The summed E-state index contributed by atoms with van der Waals surface area (Å²) in [6, 6.07) is 3.42. The molecule has 1 amide bonds. The molecule has 1 unspecified atom stereocenters. The summed E-state index contributed by atoms with van der Waals surface area (Å²) in [4.78, 5) is 44.5. The van der Waals surface area contributed by atoms with E-state index in [1.54, 1.807) is 17.6 Å². The smallest absolute Gasteiger partial charge is 0.343 e. The zero-order valence-electron chi connectivity index (χ0n) is 23.0. The highest BCUT2D eigenvalue weighted by molar-refractivity contribution is 5.94. The molecule has 1 aromatic carbocycles. The van der Waals surface area contributed by atoms with E-state index in [2.05, 4.69) is 19.2 Å². The fraction of sp³-hybridized carbons (Fsp3) is 0.484. The molecule has 9 nitrogen and oxygen atoms in total. The van der Waals surface area contributed by atoms with Gasteiger partial charge in [0.15, 0.2) is 5.60 Å². The molecule has 0 bridgehead atoms. The van der Waals surface area contributed by atoms with E-state index >= 15 is 0 Å². The molecule has 4 aliphatic rings. The number of nitrogens with one attached hydrogen (secondary N) is 1. The van der Waals surface area contributed by atoms with Gasteiger partial charge >= 0.3 is 5.97 Å². The number of aryl methyl sites for hydroxylation is 2. The molecule has 3 aromatic rings. The van der Waals surface area contributed by atoms with Crippen LogP contribution in [0.5, 0.6) is 0 Å². The zero-order chi connectivity index (χ0) is 28.1. The number of aliphatic hydroxyl groups excluding tert-OH is 1. The van der Waals surface area contributed by atoms with E-state index < -0.39 is 17.7 Å².